The molecule has 0 aromatic rings. The largest absolute Gasteiger partial charge is 0.466 e. The zero-order valence-electron chi connectivity index (χ0n) is 49.4. The van der Waals surface area contributed by atoms with E-state index in [0.717, 1.165) is 38.5 Å². The Kier molecular flexibility index (Phi) is 61.4. The molecule has 0 aliphatic rings. The number of aliphatic hydroxyl groups is 2. The summed E-state index contributed by atoms with van der Waals surface area (Å²) in [6.45, 7) is 4.91. The molecule has 0 bridgehead atoms. The average molecular weight is 1030 g/mol. The quantitative estimate of drug-likeness (QED) is 0.0320. The zero-order chi connectivity index (χ0) is 52.9. The van der Waals surface area contributed by atoms with E-state index in [1.165, 1.54) is 302 Å². The molecule has 2 unspecified atom stereocenters. The van der Waals surface area contributed by atoms with Crippen LogP contribution in [0.3, 0.4) is 0 Å². The summed E-state index contributed by atoms with van der Waals surface area (Å²) in [5.74, 6) is -0.0488. The third-order valence-electron chi connectivity index (χ3n) is 15.5. The summed E-state index contributed by atoms with van der Waals surface area (Å²) in [5, 5.41) is 23.0. The molecule has 73 heavy (non-hydrogen) atoms. The number of hydrogen-bond acceptors (Lipinski definition) is 5. The van der Waals surface area contributed by atoms with Crippen LogP contribution in [0, 0.1) is 0 Å². The van der Waals surface area contributed by atoms with Crippen LogP contribution < -0.4 is 5.32 Å². The molecule has 432 valence electrons. The van der Waals surface area contributed by atoms with Crippen LogP contribution in [-0.2, 0) is 14.3 Å². The summed E-state index contributed by atoms with van der Waals surface area (Å²) >= 11 is 0. The smallest absolute Gasteiger partial charge is 0.305 e. The zero-order valence-corrected chi connectivity index (χ0v) is 49.4. The highest BCUT2D eigenvalue weighted by molar-refractivity contribution is 5.76. The molecule has 0 aliphatic carbocycles. The van der Waals surface area contributed by atoms with Crippen molar-refractivity contribution in [1.82, 2.24) is 5.32 Å². The van der Waals surface area contributed by atoms with Gasteiger partial charge in [0.05, 0.1) is 25.4 Å². The first-order chi connectivity index (χ1) is 36.0. The standard InChI is InChI=1S/C67H129NO5/c1-3-5-7-9-11-13-15-16-17-18-27-31-34-37-41-45-49-53-57-61-67(72)73-62-58-54-50-46-42-38-35-32-29-26-24-22-20-19-21-23-25-28-30-33-36-40-44-48-52-56-60-66(71)68-64(63-69)65(70)59-55-51-47-43-39-14-12-10-8-6-4-2/h16-17,55,59,64-65,69-70H,3-15,18-54,56-58,60-63H2,1-2H3,(H,68,71)/b17-16-,59-55+. The number of allylic oxidation sites excluding steroid dienone is 3. The van der Waals surface area contributed by atoms with Gasteiger partial charge in [-0.3, -0.25) is 9.59 Å². The van der Waals surface area contributed by atoms with E-state index in [1.54, 1.807) is 6.08 Å². The summed E-state index contributed by atoms with van der Waals surface area (Å²) in [6, 6.07) is -0.624. The van der Waals surface area contributed by atoms with Crippen LogP contribution >= 0.6 is 0 Å². The minimum absolute atomic E-state index is 0.0168. The fourth-order valence-electron chi connectivity index (χ4n) is 10.4. The molecule has 0 saturated carbocycles. The van der Waals surface area contributed by atoms with Crippen LogP contribution in [0.15, 0.2) is 24.3 Å². The van der Waals surface area contributed by atoms with Crippen molar-refractivity contribution in [2.75, 3.05) is 13.2 Å². The van der Waals surface area contributed by atoms with Crippen molar-refractivity contribution in [2.24, 2.45) is 0 Å². The van der Waals surface area contributed by atoms with Crippen molar-refractivity contribution in [3.63, 3.8) is 0 Å². The molecule has 6 heteroatoms. The van der Waals surface area contributed by atoms with Crippen LogP contribution in [-0.4, -0.2) is 47.4 Å². The number of carbonyl (C=O) groups excluding carboxylic acids is 2. The first-order valence-corrected chi connectivity index (χ1v) is 33.1. The van der Waals surface area contributed by atoms with Gasteiger partial charge in [0.15, 0.2) is 0 Å². The Morgan fingerprint density at radius 1 is 0.370 bits per heavy atom. The topological polar surface area (TPSA) is 95.9 Å². The van der Waals surface area contributed by atoms with Gasteiger partial charge in [0.2, 0.25) is 5.91 Å². The first-order valence-electron chi connectivity index (χ1n) is 33.1. The second-order valence-electron chi connectivity index (χ2n) is 22.8. The average Bonchev–Trinajstić information content (AvgIpc) is 3.39. The summed E-state index contributed by atoms with van der Waals surface area (Å²) in [5.41, 5.74) is 0. The van der Waals surface area contributed by atoms with Gasteiger partial charge in [-0.2, -0.15) is 0 Å². The van der Waals surface area contributed by atoms with Gasteiger partial charge in [0.25, 0.3) is 0 Å². The van der Waals surface area contributed by atoms with E-state index in [4.69, 9.17) is 4.74 Å². The number of carbonyl (C=O) groups is 2. The van der Waals surface area contributed by atoms with Crippen molar-refractivity contribution in [3.05, 3.63) is 24.3 Å². The second-order valence-corrected chi connectivity index (χ2v) is 22.8. The summed E-state index contributed by atoms with van der Waals surface area (Å²) in [6.07, 6.45) is 78.2. The number of aliphatic hydroxyl groups excluding tert-OH is 2. The fraction of sp³-hybridized carbons (Fsp3) is 0.910. The van der Waals surface area contributed by atoms with Crippen LogP contribution in [0.1, 0.15) is 367 Å². The van der Waals surface area contributed by atoms with Gasteiger partial charge in [0, 0.05) is 12.8 Å². The summed E-state index contributed by atoms with van der Waals surface area (Å²) in [4.78, 5) is 24.5. The van der Waals surface area contributed by atoms with Crippen molar-refractivity contribution in [2.45, 2.75) is 379 Å². The maximum Gasteiger partial charge on any atom is 0.305 e. The molecule has 0 aromatic carbocycles. The van der Waals surface area contributed by atoms with Gasteiger partial charge in [-0.15, -0.1) is 0 Å². The molecule has 0 saturated heterocycles. The lowest BCUT2D eigenvalue weighted by molar-refractivity contribution is -0.143. The Labute approximate surface area is 456 Å². The Balaban J connectivity index is 3.33. The number of nitrogens with one attached hydrogen (secondary N) is 1. The van der Waals surface area contributed by atoms with E-state index in [2.05, 4.69) is 31.3 Å². The predicted octanol–water partition coefficient (Wildman–Crippen LogP) is 21.0. The van der Waals surface area contributed by atoms with Crippen LogP contribution in [0.5, 0.6) is 0 Å². The molecule has 0 heterocycles. The molecule has 0 aromatic heterocycles. The predicted molar refractivity (Wildman–Crippen MR) is 320 cm³/mol. The van der Waals surface area contributed by atoms with Crippen molar-refractivity contribution in [3.8, 4) is 0 Å². The molecule has 0 fully saturated rings. The maximum atomic E-state index is 12.4. The lowest BCUT2D eigenvalue weighted by Crippen LogP contribution is -2.45. The molecule has 0 aliphatic heterocycles. The number of ether oxygens (including phenoxy) is 1. The molecule has 0 radical (unpaired) electrons. The third-order valence-corrected chi connectivity index (χ3v) is 15.5. The van der Waals surface area contributed by atoms with E-state index < -0.39 is 12.1 Å². The molecule has 1 amide bonds. The number of unbranched alkanes of at least 4 members (excludes halogenated alkanes) is 49. The van der Waals surface area contributed by atoms with Gasteiger partial charge in [-0.05, 0) is 57.8 Å². The lowest BCUT2D eigenvalue weighted by atomic mass is 10.0. The molecular weight excluding hydrogens is 899 g/mol. The summed E-state index contributed by atoms with van der Waals surface area (Å²) in [7, 11) is 0. The first kappa shape index (κ1) is 71.3. The second kappa shape index (κ2) is 62.9. The number of hydrogen-bond donors (Lipinski definition) is 3. The highest BCUT2D eigenvalue weighted by Crippen LogP contribution is 2.18. The van der Waals surface area contributed by atoms with E-state index in [0.29, 0.717) is 19.4 Å². The van der Waals surface area contributed by atoms with Gasteiger partial charge in [-0.25, -0.2) is 0 Å². The van der Waals surface area contributed by atoms with E-state index in [1.807, 2.05) is 6.08 Å². The third kappa shape index (κ3) is 59.4. The van der Waals surface area contributed by atoms with Crippen LogP contribution in [0.2, 0.25) is 0 Å². The van der Waals surface area contributed by atoms with Crippen LogP contribution in [0.4, 0.5) is 0 Å². The van der Waals surface area contributed by atoms with Crippen molar-refractivity contribution >= 4 is 11.9 Å². The molecule has 0 rings (SSSR count). The molecule has 2 atom stereocenters. The van der Waals surface area contributed by atoms with E-state index in [-0.39, 0.29) is 18.5 Å². The van der Waals surface area contributed by atoms with Crippen LogP contribution in [0.25, 0.3) is 0 Å². The Bertz CT molecular complexity index is 1140. The number of esters is 1. The monoisotopic (exact) mass is 1030 g/mol. The number of amides is 1. The normalized spacial score (nSPS) is 12.7. The number of rotatable bonds is 62. The van der Waals surface area contributed by atoms with Gasteiger partial charge in [0.1, 0.15) is 0 Å². The minimum Gasteiger partial charge on any atom is -0.466 e. The minimum atomic E-state index is -0.841. The Morgan fingerprint density at radius 3 is 0.973 bits per heavy atom. The highest BCUT2D eigenvalue weighted by Gasteiger charge is 2.18. The Hall–Kier alpha value is -1.66. The van der Waals surface area contributed by atoms with E-state index >= 15 is 0 Å². The SMILES string of the molecule is CCCCCCCC/C=C\CCCCCCCCCCCC(=O)OCCCCCCCCCCCCCCCCCCCCCCCCCCCCC(=O)NC(CO)C(O)/C=C/CCCCCCCCCCC. The summed E-state index contributed by atoms with van der Waals surface area (Å²) < 4.78 is 5.51. The maximum absolute atomic E-state index is 12.4. The molecule has 3 N–H and O–H groups in total. The van der Waals surface area contributed by atoms with Gasteiger partial charge in [-0.1, -0.05) is 321 Å². The van der Waals surface area contributed by atoms with Crippen molar-refractivity contribution in [1.29, 1.82) is 0 Å². The molecular formula is C67H129NO5. The fourth-order valence-corrected chi connectivity index (χ4v) is 10.4. The molecule has 0 spiro atoms. The van der Waals surface area contributed by atoms with E-state index in [9.17, 15) is 19.8 Å². The van der Waals surface area contributed by atoms with Gasteiger partial charge >= 0.3 is 5.97 Å². The van der Waals surface area contributed by atoms with Gasteiger partial charge < -0.3 is 20.3 Å². The van der Waals surface area contributed by atoms with Crippen molar-refractivity contribution < 1.29 is 24.5 Å². The lowest BCUT2D eigenvalue weighted by Gasteiger charge is -2.20. The highest BCUT2D eigenvalue weighted by atomic mass is 16.5. The Morgan fingerprint density at radius 2 is 0.644 bits per heavy atom. The molecule has 6 nitrogen and oxygen atoms in total.